The zero-order chi connectivity index (χ0) is 14.5. The third kappa shape index (κ3) is 3.19. The van der Waals surface area contributed by atoms with Crippen molar-refractivity contribution in [3.63, 3.8) is 0 Å². The van der Waals surface area contributed by atoms with Gasteiger partial charge >= 0.3 is 0 Å². The van der Waals surface area contributed by atoms with Crippen molar-refractivity contribution in [2.75, 3.05) is 5.32 Å². The van der Waals surface area contributed by atoms with Gasteiger partial charge in [-0.05, 0) is 43.5 Å². The van der Waals surface area contributed by atoms with Crippen molar-refractivity contribution >= 4 is 5.69 Å². The highest BCUT2D eigenvalue weighted by atomic mass is 14.9. The molecule has 0 aliphatic rings. The average molecular weight is 264 g/mol. The normalized spacial score (nSPS) is 11.7. The molecule has 0 bridgehead atoms. The van der Waals surface area contributed by atoms with E-state index in [1.54, 1.807) is 0 Å². The van der Waals surface area contributed by atoms with Crippen LogP contribution in [0.3, 0.4) is 0 Å². The van der Waals surface area contributed by atoms with Crippen molar-refractivity contribution in [1.82, 2.24) is 0 Å². The Kier molecular flexibility index (Phi) is 4.42. The minimum absolute atomic E-state index is 0.267. The maximum Gasteiger partial charge on any atom is 0.0992 e. The molecule has 0 aliphatic carbocycles. The SMILES string of the molecule is CCC(Nc1cc(C#N)ccc1C)c1ccc(C)cc1. The number of rotatable bonds is 4. The minimum atomic E-state index is 0.267. The molecule has 0 heterocycles. The van der Waals surface area contributed by atoms with Crippen molar-refractivity contribution in [3.8, 4) is 6.07 Å². The summed E-state index contributed by atoms with van der Waals surface area (Å²) in [6, 6.07) is 16.8. The maximum atomic E-state index is 9.01. The summed E-state index contributed by atoms with van der Waals surface area (Å²) in [5, 5.41) is 12.6. The van der Waals surface area contributed by atoms with Crippen molar-refractivity contribution in [2.45, 2.75) is 33.2 Å². The first-order valence-corrected chi connectivity index (χ1v) is 6.98. The van der Waals surface area contributed by atoms with Gasteiger partial charge in [0.2, 0.25) is 0 Å². The molecule has 0 aromatic heterocycles. The van der Waals surface area contributed by atoms with Gasteiger partial charge in [0, 0.05) is 5.69 Å². The fourth-order valence-corrected chi connectivity index (χ4v) is 2.25. The van der Waals surface area contributed by atoms with Crippen LogP contribution in [0.25, 0.3) is 0 Å². The summed E-state index contributed by atoms with van der Waals surface area (Å²) in [5.41, 5.74) is 5.44. The van der Waals surface area contributed by atoms with Gasteiger partial charge < -0.3 is 5.32 Å². The van der Waals surface area contributed by atoms with Crippen LogP contribution in [0.1, 0.15) is 41.6 Å². The van der Waals surface area contributed by atoms with Crippen LogP contribution in [0.4, 0.5) is 5.69 Å². The van der Waals surface area contributed by atoms with E-state index in [0.717, 1.165) is 17.7 Å². The van der Waals surface area contributed by atoms with Crippen LogP contribution in [0.15, 0.2) is 42.5 Å². The van der Waals surface area contributed by atoms with E-state index in [1.165, 1.54) is 11.1 Å². The van der Waals surface area contributed by atoms with E-state index in [9.17, 15) is 0 Å². The lowest BCUT2D eigenvalue weighted by molar-refractivity contribution is 0.748. The first kappa shape index (κ1) is 14.1. The highest BCUT2D eigenvalue weighted by Gasteiger charge is 2.10. The van der Waals surface area contributed by atoms with Gasteiger partial charge in [0.05, 0.1) is 17.7 Å². The molecule has 2 rings (SSSR count). The first-order chi connectivity index (χ1) is 9.63. The van der Waals surface area contributed by atoms with Crippen molar-refractivity contribution in [3.05, 3.63) is 64.7 Å². The summed E-state index contributed by atoms with van der Waals surface area (Å²) in [5.74, 6) is 0. The van der Waals surface area contributed by atoms with Gasteiger partial charge in [-0.1, -0.05) is 42.8 Å². The number of hydrogen-bond acceptors (Lipinski definition) is 2. The molecule has 1 atom stereocenters. The molecule has 2 nitrogen and oxygen atoms in total. The van der Waals surface area contributed by atoms with Gasteiger partial charge in [0.25, 0.3) is 0 Å². The number of anilines is 1. The van der Waals surface area contributed by atoms with Crippen LogP contribution < -0.4 is 5.32 Å². The zero-order valence-electron chi connectivity index (χ0n) is 12.3. The molecule has 0 spiro atoms. The van der Waals surface area contributed by atoms with Crippen LogP contribution in [0, 0.1) is 25.2 Å². The summed E-state index contributed by atoms with van der Waals surface area (Å²) in [7, 11) is 0. The third-order valence-electron chi connectivity index (χ3n) is 3.58. The lowest BCUT2D eigenvalue weighted by atomic mass is 10.0. The Balaban J connectivity index is 2.26. The van der Waals surface area contributed by atoms with Gasteiger partial charge in [0.1, 0.15) is 0 Å². The molecule has 2 aromatic rings. The predicted octanol–water partition coefficient (Wildman–Crippen LogP) is 4.74. The second-order valence-corrected chi connectivity index (χ2v) is 5.16. The summed E-state index contributed by atoms with van der Waals surface area (Å²) in [4.78, 5) is 0. The predicted molar refractivity (Wildman–Crippen MR) is 83.7 cm³/mol. The number of nitriles is 1. The van der Waals surface area contributed by atoms with Crippen LogP contribution in [-0.2, 0) is 0 Å². The molecule has 1 unspecified atom stereocenters. The van der Waals surface area contributed by atoms with Crippen LogP contribution in [0.5, 0.6) is 0 Å². The quantitative estimate of drug-likeness (QED) is 0.865. The molecule has 1 N–H and O–H groups in total. The highest BCUT2D eigenvalue weighted by molar-refractivity contribution is 5.56. The molecule has 102 valence electrons. The summed E-state index contributed by atoms with van der Waals surface area (Å²) in [6.45, 7) is 6.32. The van der Waals surface area contributed by atoms with E-state index >= 15 is 0 Å². The van der Waals surface area contributed by atoms with E-state index in [4.69, 9.17) is 5.26 Å². The van der Waals surface area contributed by atoms with E-state index in [1.807, 2.05) is 18.2 Å². The smallest absolute Gasteiger partial charge is 0.0992 e. The Morgan fingerprint density at radius 3 is 2.40 bits per heavy atom. The number of nitrogens with one attached hydrogen (secondary N) is 1. The number of benzene rings is 2. The Labute approximate surface area is 121 Å². The van der Waals surface area contributed by atoms with E-state index < -0.39 is 0 Å². The highest BCUT2D eigenvalue weighted by Crippen LogP contribution is 2.25. The lowest BCUT2D eigenvalue weighted by Crippen LogP contribution is -2.10. The van der Waals surface area contributed by atoms with E-state index in [-0.39, 0.29) is 6.04 Å². The van der Waals surface area contributed by atoms with Gasteiger partial charge in [0.15, 0.2) is 0 Å². The Hall–Kier alpha value is -2.27. The molecule has 0 fully saturated rings. The second-order valence-electron chi connectivity index (χ2n) is 5.16. The monoisotopic (exact) mass is 264 g/mol. The Morgan fingerprint density at radius 2 is 1.80 bits per heavy atom. The summed E-state index contributed by atoms with van der Waals surface area (Å²) < 4.78 is 0. The Morgan fingerprint density at radius 1 is 1.10 bits per heavy atom. The van der Waals surface area contributed by atoms with Gasteiger partial charge in [-0.3, -0.25) is 0 Å². The van der Waals surface area contributed by atoms with Gasteiger partial charge in [-0.2, -0.15) is 5.26 Å². The first-order valence-electron chi connectivity index (χ1n) is 6.98. The lowest BCUT2D eigenvalue weighted by Gasteiger charge is -2.20. The minimum Gasteiger partial charge on any atom is -0.378 e. The molecule has 0 saturated carbocycles. The molecule has 0 saturated heterocycles. The standard InChI is InChI=1S/C18H20N2/c1-4-17(16-9-5-13(2)6-10-16)20-18-11-15(12-19)8-7-14(18)3/h5-11,17,20H,4H2,1-3H3. The van der Waals surface area contributed by atoms with Crippen LogP contribution in [0.2, 0.25) is 0 Å². The molecular formula is C18H20N2. The fourth-order valence-electron chi connectivity index (χ4n) is 2.25. The summed E-state index contributed by atoms with van der Waals surface area (Å²) in [6.07, 6.45) is 0.999. The van der Waals surface area contributed by atoms with E-state index in [0.29, 0.717) is 5.56 Å². The topological polar surface area (TPSA) is 35.8 Å². The molecule has 0 radical (unpaired) electrons. The molecule has 2 heteroatoms. The van der Waals surface area contributed by atoms with Gasteiger partial charge in [-0.25, -0.2) is 0 Å². The maximum absolute atomic E-state index is 9.01. The number of aryl methyl sites for hydroxylation is 2. The van der Waals surface area contributed by atoms with Crippen molar-refractivity contribution in [1.29, 1.82) is 5.26 Å². The number of nitrogens with zero attached hydrogens (tertiary/aromatic N) is 1. The third-order valence-corrected chi connectivity index (χ3v) is 3.58. The van der Waals surface area contributed by atoms with Crippen LogP contribution in [-0.4, -0.2) is 0 Å². The van der Waals surface area contributed by atoms with Crippen molar-refractivity contribution in [2.24, 2.45) is 0 Å². The molecular weight excluding hydrogens is 244 g/mol. The van der Waals surface area contributed by atoms with Crippen LogP contribution >= 0.6 is 0 Å². The van der Waals surface area contributed by atoms with Gasteiger partial charge in [-0.15, -0.1) is 0 Å². The largest absolute Gasteiger partial charge is 0.378 e. The second kappa shape index (κ2) is 6.25. The molecule has 20 heavy (non-hydrogen) atoms. The number of hydrogen-bond donors (Lipinski definition) is 1. The summed E-state index contributed by atoms with van der Waals surface area (Å²) >= 11 is 0. The molecule has 0 aliphatic heterocycles. The van der Waals surface area contributed by atoms with Crippen molar-refractivity contribution < 1.29 is 0 Å². The molecule has 0 amide bonds. The zero-order valence-corrected chi connectivity index (χ0v) is 12.3. The average Bonchev–Trinajstić information content (AvgIpc) is 2.47. The Bertz CT molecular complexity index is 621. The molecule has 2 aromatic carbocycles. The fraction of sp³-hybridized carbons (Fsp3) is 0.278. The van der Waals surface area contributed by atoms with E-state index in [2.05, 4.69) is 56.4 Å².